The molecule has 2 unspecified atom stereocenters. The molecule has 0 aromatic heterocycles. The standard InChI is InChI=1S/C22H38O4/c1-10-17(20(23)26-22(6,7)8)12-11-13-18(14-15(2)3)19(16(4)5)21(24)25-9/h10-12,15-16,18-19H,13-14H2,1-9H3/b12-11-,17-10+. The zero-order valence-electron chi connectivity index (χ0n) is 18.1. The molecule has 0 radical (unpaired) electrons. The lowest BCUT2D eigenvalue weighted by molar-refractivity contribution is -0.150. The number of rotatable bonds is 9. The highest BCUT2D eigenvalue weighted by Gasteiger charge is 2.31. The Bertz CT molecular complexity index is 507. The van der Waals surface area contributed by atoms with Crippen LogP contribution < -0.4 is 0 Å². The number of esters is 2. The van der Waals surface area contributed by atoms with Crippen molar-refractivity contribution >= 4 is 11.9 Å². The fourth-order valence-corrected chi connectivity index (χ4v) is 3.13. The average molecular weight is 367 g/mol. The van der Waals surface area contributed by atoms with Crippen LogP contribution >= 0.6 is 0 Å². The highest BCUT2D eigenvalue weighted by molar-refractivity contribution is 5.91. The molecule has 0 spiro atoms. The Balaban J connectivity index is 5.26. The molecule has 4 nitrogen and oxygen atoms in total. The summed E-state index contributed by atoms with van der Waals surface area (Å²) in [6.07, 6.45) is 7.18. The normalized spacial score (nSPS) is 15.4. The number of carbonyl (C=O) groups is 2. The smallest absolute Gasteiger partial charge is 0.338 e. The Labute approximate surface area is 160 Å². The van der Waals surface area contributed by atoms with Crippen molar-refractivity contribution < 1.29 is 19.1 Å². The van der Waals surface area contributed by atoms with Crippen LogP contribution in [0.3, 0.4) is 0 Å². The fourth-order valence-electron chi connectivity index (χ4n) is 3.13. The van der Waals surface area contributed by atoms with Gasteiger partial charge in [-0.15, -0.1) is 0 Å². The molecule has 0 aliphatic heterocycles. The van der Waals surface area contributed by atoms with Gasteiger partial charge < -0.3 is 9.47 Å². The second kappa shape index (κ2) is 11.2. The first-order valence-electron chi connectivity index (χ1n) is 9.56. The Morgan fingerprint density at radius 2 is 1.65 bits per heavy atom. The van der Waals surface area contributed by atoms with Gasteiger partial charge in [0.1, 0.15) is 5.60 Å². The van der Waals surface area contributed by atoms with Gasteiger partial charge in [-0.05, 0) is 58.3 Å². The summed E-state index contributed by atoms with van der Waals surface area (Å²) in [6, 6.07) is 0. The van der Waals surface area contributed by atoms with E-state index in [4.69, 9.17) is 9.47 Å². The molecule has 0 rings (SSSR count). The van der Waals surface area contributed by atoms with Gasteiger partial charge in [0.2, 0.25) is 0 Å². The van der Waals surface area contributed by atoms with Gasteiger partial charge in [0.05, 0.1) is 18.6 Å². The summed E-state index contributed by atoms with van der Waals surface area (Å²) in [6.45, 7) is 15.8. The van der Waals surface area contributed by atoms with Crippen LogP contribution in [0.15, 0.2) is 23.8 Å². The van der Waals surface area contributed by atoms with Crippen LogP contribution in [0.5, 0.6) is 0 Å². The number of ether oxygens (including phenoxy) is 2. The van der Waals surface area contributed by atoms with Crippen LogP contribution in [-0.4, -0.2) is 24.6 Å². The van der Waals surface area contributed by atoms with Crippen LogP contribution in [0.4, 0.5) is 0 Å². The molecule has 0 aliphatic carbocycles. The second-order valence-corrected chi connectivity index (χ2v) is 8.57. The summed E-state index contributed by atoms with van der Waals surface area (Å²) >= 11 is 0. The number of methoxy groups -OCH3 is 1. The second-order valence-electron chi connectivity index (χ2n) is 8.57. The topological polar surface area (TPSA) is 52.6 Å². The third-order valence-corrected chi connectivity index (χ3v) is 4.16. The predicted molar refractivity (Wildman–Crippen MR) is 107 cm³/mol. The summed E-state index contributed by atoms with van der Waals surface area (Å²) in [7, 11) is 1.44. The van der Waals surface area contributed by atoms with Crippen molar-refractivity contribution in [3.8, 4) is 0 Å². The molecule has 0 saturated heterocycles. The molecule has 0 N–H and O–H groups in total. The van der Waals surface area contributed by atoms with Gasteiger partial charge in [-0.2, -0.15) is 0 Å². The number of allylic oxidation sites excluding steroid dienone is 2. The summed E-state index contributed by atoms with van der Waals surface area (Å²) < 4.78 is 10.5. The van der Waals surface area contributed by atoms with E-state index in [1.807, 2.05) is 33.8 Å². The number of carbonyl (C=O) groups excluding carboxylic acids is 2. The van der Waals surface area contributed by atoms with E-state index in [0.717, 1.165) is 12.8 Å². The minimum absolute atomic E-state index is 0.150. The Morgan fingerprint density at radius 3 is 2.04 bits per heavy atom. The summed E-state index contributed by atoms with van der Waals surface area (Å²) in [5, 5.41) is 0. The zero-order chi connectivity index (χ0) is 20.5. The molecule has 0 aromatic rings. The first-order chi connectivity index (χ1) is 11.9. The number of hydrogen-bond donors (Lipinski definition) is 0. The minimum atomic E-state index is -0.521. The van der Waals surface area contributed by atoms with Gasteiger partial charge in [0.25, 0.3) is 0 Å². The van der Waals surface area contributed by atoms with Crippen molar-refractivity contribution in [1.82, 2.24) is 0 Å². The molecule has 0 saturated carbocycles. The molecule has 26 heavy (non-hydrogen) atoms. The highest BCUT2D eigenvalue weighted by atomic mass is 16.6. The van der Waals surface area contributed by atoms with Crippen molar-refractivity contribution in [2.45, 2.75) is 73.8 Å². The van der Waals surface area contributed by atoms with E-state index in [2.05, 4.69) is 27.7 Å². The summed E-state index contributed by atoms with van der Waals surface area (Å²) in [5.74, 6) is 0.221. The Kier molecular flexibility index (Phi) is 10.5. The predicted octanol–water partition coefficient (Wildman–Crippen LogP) is 5.33. The summed E-state index contributed by atoms with van der Waals surface area (Å²) in [4.78, 5) is 24.5. The molecular weight excluding hydrogens is 328 g/mol. The molecule has 4 heteroatoms. The highest BCUT2D eigenvalue weighted by Crippen LogP contribution is 2.31. The molecule has 0 amide bonds. The average Bonchev–Trinajstić information content (AvgIpc) is 2.48. The maximum atomic E-state index is 12.3. The van der Waals surface area contributed by atoms with Crippen molar-refractivity contribution in [2.24, 2.45) is 23.7 Å². The monoisotopic (exact) mass is 366 g/mol. The van der Waals surface area contributed by atoms with Gasteiger partial charge in [-0.25, -0.2) is 4.79 Å². The van der Waals surface area contributed by atoms with Crippen LogP contribution in [0.1, 0.15) is 68.2 Å². The zero-order valence-corrected chi connectivity index (χ0v) is 18.1. The quantitative estimate of drug-likeness (QED) is 0.314. The molecule has 0 heterocycles. The van der Waals surface area contributed by atoms with Crippen LogP contribution in [0.2, 0.25) is 0 Å². The third kappa shape index (κ3) is 9.21. The largest absolute Gasteiger partial charge is 0.469 e. The van der Waals surface area contributed by atoms with Crippen molar-refractivity contribution in [3.05, 3.63) is 23.8 Å². The molecule has 150 valence electrons. The fraction of sp³-hybridized carbons (Fsp3) is 0.727. The van der Waals surface area contributed by atoms with Gasteiger partial charge in [0, 0.05) is 0 Å². The molecule has 2 atom stereocenters. The maximum Gasteiger partial charge on any atom is 0.338 e. The van der Waals surface area contributed by atoms with Crippen LogP contribution in [0.25, 0.3) is 0 Å². The molecule has 0 fully saturated rings. The van der Waals surface area contributed by atoms with Gasteiger partial charge in [0.15, 0.2) is 0 Å². The SMILES string of the molecule is C/C=C(\C=C/CC(CC(C)C)C(C(=O)OC)C(C)C)C(=O)OC(C)(C)C. The first kappa shape index (κ1) is 24.4. The van der Waals surface area contributed by atoms with Crippen molar-refractivity contribution in [3.63, 3.8) is 0 Å². The maximum absolute atomic E-state index is 12.3. The molecule has 0 bridgehead atoms. The molecule has 0 aliphatic rings. The Hall–Kier alpha value is -1.58. The van der Waals surface area contributed by atoms with Gasteiger partial charge in [-0.1, -0.05) is 45.9 Å². The lowest BCUT2D eigenvalue weighted by atomic mass is 9.77. The number of hydrogen-bond acceptors (Lipinski definition) is 4. The molecular formula is C22H38O4. The third-order valence-electron chi connectivity index (χ3n) is 4.16. The lowest BCUT2D eigenvalue weighted by Crippen LogP contribution is -2.30. The van der Waals surface area contributed by atoms with E-state index in [0.29, 0.717) is 11.5 Å². The van der Waals surface area contributed by atoms with Crippen LogP contribution in [0, 0.1) is 23.7 Å². The lowest BCUT2D eigenvalue weighted by Gasteiger charge is -2.28. The summed E-state index contributed by atoms with van der Waals surface area (Å²) in [5.41, 5.74) is 0.00914. The molecule has 0 aromatic carbocycles. The first-order valence-corrected chi connectivity index (χ1v) is 9.56. The van der Waals surface area contributed by atoms with E-state index >= 15 is 0 Å². The van der Waals surface area contributed by atoms with E-state index in [1.54, 1.807) is 12.2 Å². The minimum Gasteiger partial charge on any atom is -0.469 e. The van der Waals surface area contributed by atoms with E-state index in [9.17, 15) is 9.59 Å². The van der Waals surface area contributed by atoms with Gasteiger partial charge >= 0.3 is 11.9 Å². The van der Waals surface area contributed by atoms with E-state index in [-0.39, 0.29) is 29.7 Å². The van der Waals surface area contributed by atoms with Crippen molar-refractivity contribution in [2.75, 3.05) is 7.11 Å². The van der Waals surface area contributed by atoms with E-state index in [1.165, 1.54) is 7.11 Å². The van der Waals surface area contributed by atoms with E-state index < -0.39 is 5.60 Å². The van der Waals surface area contributed by atoms with Crippen LogP contribution in [-0.2, 0) is 19.1 Å². The van der Waals surface area contributed by atoms with Gasteiger partial charge in [-0.3, -0.25) is 4.79 Å². The van der Waals surface area contributed by atoms with Crippen molar-refractivity contribution in [1.29, 1.82) is 0 Å². The Morgan fingerprint density at radius 1 is 1.08 bits per heavy atom.